The second-order valence-electron chi connectivity index (χ2n) is 2.90. The third-order valence-corrected chi connectivity index (χ3v) is 1.68. The van der Waals surface area contributed by atoms with Crippen molar-refractivity contribution < 1.29 is 4.79 Å². The molecule has 0 atom stereocenters. The van der Waals surface area contributed by atoms with Crippen LogP contribution in [0.15, 0.2) is 31.2 Å². The minimum atomic E-state index is -0.0598. The van der Waals surface area contributed by atoms with Crippen molar-refractivity contribution in [1.29, 1.82) is 0 Å². The minimum Gasteiger partial charge on any atom is -0.349 e. The van der Waals surface area contributed by atoms with Gasteiger partial charge in [-0.3, -0.25) is 4.79 Å². The van der Waals surface area contributed by atoms with E-state index < -0.39 is 0 Å². The van der Waals surface area contributed by atoms with Crippen molar-refractivity contribution >= 4 is 5.91 Å². The highest BCUT2D eigenvalue weighted by Crippen LogP contribution is 1.88. The Hall–Kier alpha value is -1.75. The van der Waals surface area contributed by atoms with Crippen LogP contribution in [0, 0.1) is 0 Å². The lowest BCUT2D eigenvalue weighted by atomic mass is 10.4. The van der Waals surface area contributed by atoms with Gasteiger partial charge in [0.2, 0.25) is 5.91 Å². The van der Waals surface area contributed by atoms with E-state index in [2.05, 4.69) is 27.2 Å². The Morgan fingerprint density at radius 2 is 2.47 bits per heavy atom. The molecule has 1 amide bonds. The van der Waals surface area contributed by atoms with Crippen LogP contribution in [0.3, 0.4) is 0 Å². The molecule has 2 N–H and O–H groups in total. The quantitative estimate of drug-likeness (QED) is 0.502. The first kappa shape index (κ1) is 11.3. The SMILES string of the molecule is C=CCNCC(=O)NCc1ccncn1. The molecule has 1 aromatic rings. The molecular weight excluding hydrogens is 192 g/mol. The molecule has 5 nitrogen and oxygen atoms in total. The molecule has 0 saturated heterocycles. The van der Waals surface area contributed by atoms with Gasteiger partial charge in [-0.25, -0.2) is 9.97 Å². The van der Waals surface area contributed by atoms with Crippen molar-refractivity contribution in [1.82, 2.24) is 20.6 Å². The number of amides is 1. The summed E-state index contributed by atoms with van der Waals surface area (Å²) in [6.45, 7) is 4.88. The van der Waals surface area contributed by atoms with Crippen LogP contribution in [-0.4, -0.2) is 29.0 Å². The van der Waals surface area contributed by atoms with Gasteiger partial charge >= 0.3 is 0 Å². The third kappa shape index (κ3) is 4.87. The minimum absolute atomic E-state index is 0.0598. The third-order valence-electron chi connectivity index (χ3n) is 1.68. The topological polar surface area (TPSA) is 66.9 Å². The van der Waals surface area contributed by atoms with Crippen LogP contribution in [0.2, 0.25) is 0 Å². The number of hydrogen-bond donors (Lipinski definition) is 2. The lowest BCUT2D eigenvalue weighted by molar-refractivity contribution is -0.120. The number of carbonyl (C=O) groups excluding carboxylic acids is 1. The standard InChI is InChI=1S/C10H14N4O/c1-2-4-11-7-10(15)13-6-9-3-5-12-8-14-9/h2-3,5,8,11H,1,4,6-7H2,(H,13,15). The average Bonchev–Trinajstić information content (AvgIpc) is 2.28. The van der Waals surface area contributed by atoms with Crippen molar-refractivity contribution in [3.8, 4) is 0 Å². The Balaban J connectivity index is 2.20. The first-order valence-corrected chi connectivity index (χ1v) is 4.66. The first-order valence-electron chi connectivity index (χ1n) is 4.66. The highest BCUT2D eigenvalue weighted by Gasteiger charge is 1.99. The Morgan fingerprint density at radius 1 is 1.60 bits per heavy atom. The zero-order chi connectivity index (χ0) is 10.9. The second-order valence-corrected chi connectivity index (χ2v) is 2.90. The highest BCUT2D eigenvalue weighted by molar-refractivity contribution is 5.77. The molecular formula is C10H14N4O. The van der Waals surface area contributed by atoms with E-state index in [9.17, 15) is 4.79 Å². The predicted molar refractivity (Wildman–Crippen MR) is 56.9 cm³/mol. The summed E-state index contributed by atoms with van der Waals surface area (Å²) in [6, 6.07) is 1.76. The lowest BCUT2D eigenvalue weighted by Crippen LogP contribution is -2.33. The van der Waals surface area contributed by atoms with E-state index in [1.165, 1.54) is 6.33 Å². The van der Waals surface area contributed by atoms with Crippen molar-refractivity contribution in [2.24, 2.45) is 0 Å². The molecule has 0 spiro atoms. The summed E-state index contributed by atoms with van der Waals surface area (Å²) in [7, 11) is 0. The van der Waals surface area contributed by atoms with Crippen LogP contribution in [0.25, 0.3) is 0 Å². The van der Waals surface area contributed by atoms with Gasteiger partial charge in [-0.2, -0.15) is 0 Å². The monoisotopic (exact) mass is 206 g/mol. The molecule has 1 rings (SSSR count). The number of aromatic nitrogens is 2. The molecule has 0 unspecified atom stereocenters. The van der Waals surface area contributed by atoms with Crippen LogP contribution >= 0.6 is 0 Å². The molecule has 80 valence electrons. The van der Waals surface area contributed by atoms with Crippen LogP contribution in [-0.2, 0) is 11.3 Å². The number of rotatable bonds is 6. The molecule has 1 heterocycles. The predicted octanol–water partition coefficient (Wildman–Crippen LogP) is -0.132. The molecule has 0 aromatic carbocycles. The molecule has 0 aliphatic heterocycles. The van der Waals surface area contributed by atoms with Gasteiger partial charge in [0.1, 0.15) is 6.33 Å². The Kier molecular flexibility index (Phi) is 5.03. The number of nitrogens with zero attached hydrogens (tertiary/aromatic N) is 2. The second kappa shape index (κ2) is 6.67. The van der Waals surface area contributed by atoms with Gasteiger partial charge in [0.05, 0.1) is 18.8 Å². The van der Waals surface area contributed by atoms with Crippen molar-refractivity contribution in [2.75, 3.05) is 13.1 Å². The van der Waals surface area contributed by atoms with Gasteiger partial charge in [-0.05, 0) is 6.07 Å². The zero-order valence-corrected chi connectivity index (χ0v) is 8.44. The highest BCUT2D eigenvalue weighted by atomic mass is 16.1. The summed E-state index contributed by atoms with van der Waals surface area (Å²) in [5.74, 6) is -0.0598. The fraction of sp³-hybridized carbons (Fsp3) is 0.300. The Bertz CT molecular complexity index is 312. The summed E-state index contributed by atoms with van der Waals surface area (Å²) in [6.07, 6.45) is 4.81. The summed E-state index contributed by atoms with van der Waals surface area (Å²) in [4.78, 5) is 19.0. The van der Waals surface area contributed by atoms with Crippen molar-refractivity contribution in [3.63, 3.8) is 0 Å². The maximum absolute atomic E-state index is 11.2. The molecule has 0 fully saturated rings. The first-order chi connectivity index (χ1) is 7.33. The van der Waals surface area contributed by atoms with Gasteiger partial charge in [0.15, 0.2) is 0 Å². The summed E-state index contributed by atoms with van der Waals surface area (Å²) in [5.41, 5.74) is 0.794. The van der Waals surface area contributed by atoms with Crippen molar-refractivity contribution in [2.45, 2.75) is 6.54 Å². The molecule has 0 aliphatic carbocycles. The van der Waals surface area contributed by atoms with E-state index in [4.69, 9.17) is 0 Å². The molecule has 0 saturated carbocycles. The molecule has 0 aliphatic rings. The van der Waals surface area contributed by atoms with Crippen LogP contribution in [0.5, 0.6) is 0 Å². The maximum Gasteiger partial charge on any atom is 0.234 e. The van der Waals surface area contributed by atoms with Gasteiger partial charge in [-0.15, -0.1) is 6.58 Å². The number of carbonyl (C=O) groups is 1. The average molecular weight is 206 g/mol. The zero-order valence-electron chi connectivity index (χ0n) is 8.44. The fourth-order valence-corrected chi connectivity index (χ4v) is 0.962. The molecule has 0 radical (unpaired) electrons. The summed E-state index contributed by atoms with van der Waals surface area (Å²) in [5, 5.41) is 5.64. The van der Waals surface area contributed by atoms with Crippen molar-refractivity contribution in [3.05, 3.63) is 36.9 Å². The van der Waals surface area contributed by atoms with E-state index in [1.54, 1.807) is 18.3 Å². The van der Waals surface area contributed by atoms with Gasteiger partial charge in [0.25, 0.3) is 0 Å². The van der Waals surface area contributed by atoms with E-state index in [1.807, 2.05) is 0 Å². The van der Waals surface area contributed by atoms with Crippen LogP contribution < -0.4 is 10.6 Å². The lowest BCUT2D eigenvalue weighted by Gasteiger charge is -2.04. The van der Waals surface area contributed by atoms with E-state index in [0.717, 1.165) is 5.69 Å². The number of hydrogen-bond acceptors (Lipinski definition) is 4. The summed E-state index contributed by atoms with van der Waals surface area (Å²) < 4.78 is 0. The Morgan fingerprint density at radius 3 is 3.13 bits per heavy atom. The van der Waals surface area contributed by atoms with E-state index in [0.29, 0.717) is 13.1 Å². The normalized spacial score (nSPS) is 9.60. The fourth-order valence-electron chi connectivity index (χ4n) is 0.962. The smallest absolute Gasteiger partial charge is 0.234 e. The summed E-state index contributed by atoms with van der Waals surface area (Å²) >= 11 is 0. The van der Waals surface area contributed by atoms with Gasteiger partial charge in [-0.1, -0.05) is 6.08 Å². The van der Waals surface area contributed by atoms with Crippen LogP contribution in [0.4, 0.5) is 0 Å². The van der Waals surface area contributed by atoms with Crippen LogP contribution in [0.1, 0.15) is 5.69 Å². The number of nitrogens with one attached hydrogen (secondary N) is 2. The van der Waals surface area contributed by atoms with E-state index in [-0.39, 0.29) is 12.5 Å². The Labute approximate surface area is 88.6 Å². The molecule has 1 aromatic heterocycles. The van der Waals surface area contributed by atoms with Gasteiger partial charge < -0.3 is 10.6 Å². The molecule has 15 heavy (non-hydrogen) atoms. The largest absolute Gasteiger partial charge is 0.349 e. The molecule has 0 bridgehead atoms. The van der Waals surface area contributed by atoms with E-state index >= 15 is 0 Å². The molecule has 5 heteroatoms. The van der Waals surface area contributed by atoms with Gasteiger partial charge in [0, 0.05) is 12.7 Å². The maximum atomic E-state index is 11.2.